The highest BCUT2D eigenvalue weighted by Crippen LogP contribution is 1.19. The minimum atomic E-state index is 2.00. The molecule has 0 saturated carbocycles. The van der Waals surface area contributed by atoms with E-state index in [-0.39, 0.29) is 0 Å². The Morgan fingerprint density at radius 3 is 0.0455 bits per heavy atom. The second-order valence-corrected chi connectivity index (χ2v) is 0. The summed E-state index contributed by atoms with van der Waals surface area (Å²) in [6.07, 6.45) is 0. The normalized spacial score (nSPS) is 3.00. The van der Waals surface area contributed by atoms with Crippen LogP contribution in [0.4, 0.5) is 0 Å². The molecule has 0 nitrogen and oxygen atoms in total. The highest BCUT2D eigenvalue weighted by molar-refractivity contribution is 3.54. The van der Waals surface area contributed by atoms with Gasteiger partial charge in [0.2, 0.25) is 0 Å². The topological polar surface area (TPSA) is 0 Å². The molecule has 0 aliphatic carbocycles. The van der Waals surface area contributed by atoms with Gasteiger partial charge in [0.15, 0.2) is 0 Å². The zero-order valence-electron chi connectivity index (χ0n) is 44.0. The predicted molar refractivity (Wildman–Crippen MR) is 250 cm³/mol. The van der Waals surface area contributed by atoms with E-state index in [1.165, 1.54) is 0 Å². The Bertz CT molecular complexity index is 0. The molecule has 0 fully saturated rings. The van der Waals surface area contributed by atoms with Crippen LogP contribution < -0.4 is 0 Å². The number of hydrogen-bond donors (Lipinski definition) is 0. The van der Waals surface area contributed by atoms with Gasteiger partial charge < -0.3 is 0 Å². The second-order valence-electron chi connectivity index (χ2n) is 0. The van der Waals surface area contributed by atoms with Crippen molar-refractivity contribution in [2.75, 3.05) is 0 Å². The summed E-state index contributed by atoms with van der Waals surface area (Å²) in [7, 11) is 0. The summed E-state index contributed by atoms with van der Waals surface area (Å²) in [4.78, 5) is 0. The monoisotopic (exact) mass is 661 g/mol. The van der Waals surface area contributed by atoms with Gasteiger partial charge in [0.1, 0.15) is 0 Å². The van der Waals surface area contributed by atoms with E-state index in [2.05, 4.69) is 0 Å². The van der Waals surface area contributed by atoms with E-state index in [1.54, 1.807) is 0 Å². The minimum absolute atomic E-state index is 2.00. The van der Waals surface area contributed by atoms with E-state index in [9.17, 15) is 0 Å². The van der Waals surface area contributed by atoms with Crippen molar-refractivity contribution >= 4 is 0 Å². The van der Waals surface area contributed by atoms with Crippen LogP contribution in [0.2, 0.25) is 0 Å². The Kier molecular flexibility index (Phi) is 0. The van der Waals surface area contributed by atoms with E-state index >= 15 is 0 Å². The fourth-order valence-electron chi connectivity index (χ4n) is 0. The van der Waals surface area contributed by atoms with E-state index in [4.69, 9.17) is 0 Å². The maximum absolute atomic E-state index is 2.00. The third-order valence-electron chi connectivity index (χ3n) is 0. The van der Waals surface area contributed by atoms with Gasteiger partial charge in [-0.2, -0.15) is 0 Å². The van der Waals surface area contributed by atoms with Gasteiger partial charge in [0.25, 0.3) is 0 Å². The van der Waals surface area contributed by atoms with Crippen LogP contribution in [0.15, 0.2) is 0 Å². The first kappa shape index (κ1) is 168. The van der Waals surface area contributed by atoms with Crippen molar-refractivity contribution in [3.05, 3.63) is 0 Å². The van der Waals surface area contributed by atoms with Crippen LogP contribution in [-0.2, 0) is 0 Å². The fraction of sp³-hybridized carbons (Fsp3) is 1.00. The Hall–Kier alpha value is 0. The smallest absolute Gasteiger partial charge is 0.0683 e. The highest BCUT2D eigenvalue weighted by atomic mass is 13.1. The van der Waals surface area contributed by atoms with Gasteiger partial charge in [-0.3, -0.25) is 0 Å². The average Bonchev–Trinajstić information content (AvgIpc) is 3.28. The average molecular weight is 662 g/mol. The molecule has 0 aliphatic rings. The van der Waals surface area contributed by atoms with E-state index < -0.39 is 0 Å². The number of hydrogen-bond acceptors (Lipinski definition) is 0. The van der Waals surface area contributed by atoms with E-state index in [0.29, 0.717) is 0 Å². The van der Waals surface area contributed by atoms with Crippen molar-refractivity contribution in [1.29, 1.82) is 0 Å². The molecule has 0 aliphatic heterocycles. The maximum Gasteiger partial charge on any atom is -0.0683 e. The van der Waals surface area contributed by atoms with Gasteiger partial charge in [-0.15, -0.1) is 0 Å². The molecule has 0 spiro atoms. The van der Waals surface area contributed by atoms with Crippen molar-refractivity contribution in [3.8, 4) is 0 Å². The molecule has 0 N–H and O–H groups in total. The largest absolute Gasteiger partial charge is 0.0683 e. The molecule has 0 amide bonds. The lowest BCUT2D eigenvalue weighted by molar-refractivity contribution is 1.50. The molecular weight excluding hydrogens is 528 g/mol. The third-order valence-corrected chi connectivity index (χ3v) is 0. The summed E-state index contributed by atoms with van der Waals surface area (Å²) < 4.78 is 0. The lowest BCUT2D eigenvalue weighted by Crippen LogP contribution is -0.856. The summed E-state index contributed by atoms with van der Waals surface area (Å²) in [6.45, 7) is 88.0. The van der Waals surface area contributed by atoms with Gasteiger partial charge in [-0.25, -0.2) is 0 Å². The van der Waals surface area contributed by atoms with Crippen LogP contribution in [0.5, 0.6) is 0 Å². The van der Waals surface area contributed by atoms with Crippen molar-refractivity contribution < 1.29 is 0 Å². The lowest BCUT2D eigenvalue weighted by atomic mass is 11.0. The van der Waals surface area contributed by atoms with Crippen LogP contribution in [0.3, 0.4) is 0 Å². The molecule has 0 bridgehead atoms. The lowest BCUT2D eigenvalue weighted by Gasteiger charge is -1.07. The van der Waals surface area contributed by atoms with Crippen molar-refractivity contribution in [2.24, 2.45) is 0 Å². The first-order valence-electron chi connectivity index (χ1n) is 22.0. The standard InChI is InChI=1S/22C2H6/c22*1-2/h22*1-2H3. The van der Waals surface area contributed by atoms with Gasteiger partial charge in [-0.05, 0) is 0 Å². The molecule has 0 atom stereocenters. The zero-order chi connectivity index (χ0) is 44.0. The van der Waals surface area contributed by atoms with Gasteiger partial charge >= 0.3 is 0 Å². The Labute approximate surface area is 304 Å². The van der Waals surface area contributed by atoms with Crippen LogP contribution in [0.25, 0.3) is 0 Å². The number of rotatable bonds is 0. The highest BCUT2D eigenvalue weighted by Gasteiger charge is 0.974. The Morgan fingerprint density at radius 1 is 0.0455 bits per heavy atom. The first-order valence-corrected chi connectivity index (χ1v) is 22.0. The van der Waals surface area contributed by atoms with Crippen molar-refractivity contribution in [3.63, 3.8) is 0 Å². The molecule has 0 saturated heterocycles. The molecule has 0 radical (unpaired) electrons. The quantitative estimate of drug-likeness (QED) is 0.242. The van der Waals surface area contributed by atoms with E-state index in [0.717, 1.165) is 0 Å². The molecule has 0 heteroatoms. The fourth-order valence-corrected chi connectivity index (χ4v) is 0. The zero-order valence-corrected chi connectivity index (χ0v) is 44.0. The van der Waals surface area contributed by atoms with Gasteiger partial charge in [0, 0.05) is 0 Å². The third kappa shape index (κ3) is 0. The maximum atomic E-state index is 2.00. The summed E-state index contributed by atoms with van der Waals surface area (Å²) in [5.41, 5.74) is 0. The van der Waals surface area contributed by atoms with Gasteiger partial charge in [0.05, 0.1) is 0 Å². The molecule has 0 heterocycles. The summed E-state index contributed by atoms with van der Waals surface area (Å²) in [6, 6.07) is 0. The van der Waals surface area contributed by atoms with Crippen LogP contribution in [-0.4, -0.2) is 0 Å². The molecule has 0 unspecified atom stereocenters. The summed E-state index contributed by atoms with van der Waals surface area (Å²) >= 11 is 0. The van der Waals surface area contributed by atoms with Gasteiger partial charge in [-0.1, -0.05) is 305 Å². The predicted octanol–water partition coefficient (Wildman–Crippen LogP) is 22.6. The summed E-state index contributed by atoms with van der Waals surface area (Å²) in [5, 5.41) is 0. The molecule has 0 aromatic rings. The Balaban J connectivity index is -0.00000000576. The van der Waals surface area contributed by atoms with Crippen LogP contribution in [0, 0.1) is 0 Å². The molecule has 0 aromatic carbocycles. The molecular formula is C44H132. The SMILES string of the molecule is CC.CC.CC.CC.CC.CC.CC.CC.CC.CC.CC.CC.CC.CC.CC.CC.CC.CC.CC.CC.CC.CC. The molecule has 308 valence electrons. The van der Waals surface area contributed by atoms with E-state index in [1.807, 2.05) is 305 Å². The Morgan fingerprint density at radius 2 is 0.0455 bits per heavy atom. The van der Waals surface area contributed by atoms with Crippen LogP contribution in [0.1, 0.15) is 305 Å². The second kappa shape index (κ2) is 0. The first-order chi connectivity index (χ1) is 22.0. The van der Waals surface area contributed by atoms with Crippen LogP contribution >= 0.6 is 0 Å². The molecule has 44 heavy (non-hydrogen) atoms. The summed E-state index contributed by atoms with van der Waals surface area (Å²) in [5.74, 6) is 0. The minimum Gasteiger partial charge on any atom is -0.0683 e. The molecule has 0 rings (SSSR count). The molecule has 0 aromatic heterocycles. The van der Waals surface area contributed by atoms with Crippen molar-refractivity contribution in [1.82, 2.24) is 0 Å². The van der Waals surface area contributed by atoms with Crippen molar-refractivity contribution in [2.45, 2.75) is 305 Å².